The minimum Gasteiger partial charge on any atom is -0.255 e. The van der Waals surface area contributed by atoms with Crippen molar-refractivity contribution in [2.75, 3.05) is 0 Å². The fourth-order valence-corrected chi connectivity index (χ4v) is 3.36. The maximum Gasteiger partial charge on any atom is 0.0880 e. The van der Waals surface area contributed by atoms with Gasteiger partial charge < -0.3 is 0 Å². The molecule has 0 aliphatic heterocycles. The predicted molar refractivity (Wildman–Crippen MR) is 88.5 cm³/mol. The molecule has 0 fully saturated rings. The van der Waals surface area contributed by atoms with E-state index in [2.05, 4.69) is 68.4 Å². The molecule has 0 unspecified atom stereocenters. The molecule has 2 aromatic heterocycles. The standard InChI is InChI=1S/C18H19NS/c1-12-9-14(11-15(10-12)18(2,3)4)16-17-13(5-7-19-16)6-8-20-17/h5-11H,1-4H3. The Morgan fingerprint density at radius 1 is 1.05 bits per heavy atom. The van der Waals surface area contributed by atoms with Gasteiger partial charge in [0.25, 0.3) is 0 Å². The summed E-state index contributed by atoms with van der Waals surface area (Å²) in [6, 6.07) is 11.0. The molecular weight excluding hydrogens is 262 g/mol. The molecule has 0 aliphatic carbocycles. The van der Waals surface area contributed by atoms with Crippen LogP contribution >= 0.6 is 11.3 Å². The van der Waals surface area contributed by atoms with Crippen molar-refractivity contribution in [1.82, 2.24) is 4.98 Å². The average Bonchev–Trinajstić information content (AvgIpc) is 2.84. The lowest BCUT2D eigenvalue weighted by Crippen LogP contribution is -2.11. The van der Waals surface area contributed by atoms with Gasteiger partial charge in [0.2, 0.25) is 0 Å². The predicted octanol–water partition coefficient (Wildman–Crippen LogP) is 5.57. The zero-order chi connectivity index (χ0) is 14.3. The van der Waals surface area contributed by atoms with E-state index in [1.165, 1.54) is 26.8 Å². The summed E-state index contributed by atoms with van der Waals surface area (Å²) in [5, 5.41) is 3.41. The number of hydrogen-bond acceptors (Lipinski definition) is 2. The molecule has 0 N–H and O–H groups in total. The number of aryl methyl sites for hydroxylation is 1. The van der Waals surface area contributed by atoms with Crippen LogP contribution in [0.25, 0.3) is 21.3 Å². The molecule has 0 atom stereocenters. The molecular formula is C18H19NS. The number of nitrogens with zero attached hydrogens (tertiary/aromatic N) is 1. The summed E-state index contributed by atoms with van der Waals surface area (Å²) < 4.78 is 1.28. The van der Waals surface area contributed by atoms with Crippen LogP contribution in [-0.2, 0) is 5.41 Å². The Hall–Kier alpha value is -1.67. The lowest BCUT2D eigenvalue weighted by atomic mass is 9.85. The average molecular weight is 281 g/mol. The van der Waals surface area contributed by atoms with Gasteiger partial charge >= 0.3 is 0 Å². The van der Waals surface area contributed by atoms with Crippen molar-refractivity contribution in [3.05, 3.63) is 53.0 Å². The highest BCUT2D eigenvalue weighted by atomic mass is 32.1. The number of benzene rings is 1. The molecule has 0 radical (unpaired) electrons. The van der Waals surface area contributed by atoms with Crippen molar-refractivity contribution in [2.24, 2.45) is 0 Å². The molecule has 0 spiro atoms. The molecule has 0 aliphatic rings. The van der Waals surface area contributed by atoms with Crippen LogP contribution in [0.3, 0.4) is 0 Å². The van der Waals surface area contributed by atoms with Gasteiger partial charge in [-0.3, -0.25) is 4.98 Å². The van der Waals surface area contributed by atoms with E-state index in [1.54, 1.807) is 11.3 Å². The molecule has 3 rings (SSSR count). The van der Waals surface area contributed by atoms with Gasteiger partial charge in [0, 0.05) is 11.8 Å². The van der Waals surface area contributed by atoms with Gasteiger partial charge in [-0.15, -0.1) is 11.3 Å². The first-order chi connectivity index (χ1) is 9.45. The second kappa shape index (κ2) is 4.71. The normalized spacial score (nSPS) is 12.0. The molecule has 20 heavy (non-hydrogen) atoms. The highest BCUT2D eigenvalue weighted by molar-refractivity contribution is 7.17. The van der Waals surface area contributed by atoms with Crippen molar-refractivity contribution in [3.8, 4) is 11.3 Å². The van der Waals surface area contributed by atoms with Gasteiger partial charge in [0.15, 0.2) is 0 Å². The Morgan fingerprint density at radius 3 is 2.60 bits per heavy atom. The van der Waals surface area contributed by atoms with Crippen LogP contribution in [0.15, 0.2) is 41.9 Å². The summed E-state index contributed by atoms with van der Waals surface area (Å²) in [4.78, 5) is 4.62. The second-order valence-electron chi connectivity index (χ2n) is 6.34. The fourth-order valence-electron chi connectivity index (χ4n) is 2.45. The Bertz CT molecular complexity index is 762. The molecule has 1 nitrogen and oxygen atoms in total. The van der Waals surface area contributed by atoms with E-state index in [-0.39, 0.29) is 5.41 Å². The van der Waals surface area contributed by atoms with Crippen molar-refractivity contribution in [2.45, 2.75) is 33.1 Å². The highest BCUT2D eigenvalue weighted by Crippen LogP contribution is 2.33. The van der Waals surface area contributed by atoms with Crippen LogP contribution in [0.1, 0.15) is 31.9 Å². The Labute approximate surface area is 124 Å². The summed E-state index contributed by atoms with van der Waals surface area (Å²) in [7, 11) is 0. The molecule has 1 aromatic carbocycles. The van der Waals surface area contributed by atoms with Crippen molar-refractivity contribution in [1.29, 1.82) is 0 Å². The van der Waals surface area contributed by atoms with E-state index in [1.807, 2.05) is 6.20 Å². The van der Waals surface area contributed by atoms with Crippen LogP contribution in [0.4, 0.5) is 0 Å². The zero-order valence-corrected chi connectivity index (χ0v) is 13.2. The fraction of sp³-hybridized carbons (Fsp3) is 0.278. The smallest absolute Gasteiger partial charge is 0.0880 e. The quantitative estimate of drug-likeness (QED) is 0.568. The van der Waals surface area contributed by atoms with E-state index in [0.29, 0.717) is 0 Å². The summed E-state index contributed by atoms with van der Waals surface area (Å²) in [5.41, 5.74) is 5.14. The molecule has 0 saturated heterocycles. The second-order valence-corrected chi connectivity index (χ2v) is 7.25. The minimum absolute atomic E-state index is 0.157. The van der Waals surface area contributed by atoms with Crippen LogP contribution in [-0.4, -0.2) is 4.98 Å². The number of pyridine rings is 1. The maximum atomic E-state index is 4.62. The largest absolute Gasteiger partial charge is 0.255 e. The van der Waals surface area contributed by atoms with Crippen LogP contribution in [0, 0.1) is 6.92 Å². The lowest BCUT2D eigenvalue weighted by molar-refractivity contribution is 0.590. The Morgan fingerprint density at radius 2 is 1.85 bits per heavy atom. The molecule has 2 heteroatoms. The molecule has 0 saturated carbocycles. The summed E-state index contributed by atoms with van der Waals surface area (Å²) in [6.45, 7) is 8.92. The third-order valence-corrected chi connectivity index (χ3v) is 4.52. The Balaban J connectivity index is 2.24. The van der Waals surface area contributed by atoms with Gasteiger partial charge in [-0.2, -0.15) is 0 Å². The van der Waals surface area contributed by atoms with E-state index in [4.69, 9.17) is 0 Å². The van der Waals surface area contributed by atoms with Crippen molar-refractivity contribution < 1.29 is 0 Å². The highest BCUT2D eigenvalue weighted by Gasteiger charge is 2.16. The monoisotopic (exact) mass is 281 g/mol. The molecule has 3 aromatic rings. The molecule has 102 valence electrons. The SMILES string of the molecule is Cc1cc(-c2nccc3ccsc23)cc(C(C)(C)C)c1. The van der Waals surface area contributed by atoms with E-state index in [0.717, 1.165) is 5.69 Å². The van der Waals surface area contributed by atoms with Gasteiger partial charge in [0.05, 0.1) is 10.4 Å². The lowest BCUT2D eigenvalue weighted by Gasteiger charge is -2.20. The number of hydrogen-bond donors (Lipinski definition) is 0. The summed E-state index contributed by atoms with van der Waals surface area (Å²) in [5.74, 6) is 0. The first kappa shape index (κ1) is 13.3. The first-order valence-corrected chi connectivity index (χ1v) is 7.78. The third-order valence-electron chi connectivity index (χ3n) is 3.59. The number of aromatic nitrogens is 1. The number of thiophene rings is 1. The third kappa shape index (κ3) is 2.36. The molecule has 0 bridgehead atoms. The number of fused-ring (bicyclic) bond motifs is 1. The first-order valence-electron chi connectivity index (χ1n) is 6.90. The maximum absolute atomic E-state index is 4.62. The number of rotatable bonds is 1. The minimum atomic E-state index is 0.157. The van der Waals surface area contributed by atoms with E-state index >= 15 is 0 Å². The molecule has 0 amide bonds. The van der Waals surface area contributed by atoms with Gasteiger partial charge in [-0.25, -0.2) is 0 Å². The van der Waals surface area contributed by atoms with E-state index < -0.39 is 0 Å². The summed E-state index contributed by atoms with van der Waals surface area (Å²) >= 11 is 1.77. The van der Waals surface area contributed by atoms with Crippen LogP contribution in [0.2, 0.25) is 0 Å². The van der Waals surface area contributed by atoms with Crippen molar-refractivity contribution >= 4 is 21.4 Å². The van der Waals surface area contributed by atoms with Crippen LogP contribution < -0.4 is 0 Å². The topological polar surface area (TPSA) is 12.9 Å². The van der Waals surface area contributed by atoms with Gasteiger partial charge in [-0.05, 0) is 52.9 Å². The summed E-state index contributed by atoms with van der Waals surface area (Å²) in [6.07, 6.45) is 1.91. The zero-order valence-electron chi connectivity index (χ0n) is 12.4. The molecule has 2 heterocycles. The van der Waals surface area contributed by atoms with Crippen LogP contribution in [0.5, 0.6) is 0 Å². The van der Waals surface area contributed by atoms with Gasteiger partial charge in [0.1, 0.15) is 0 Å². The Kier molecular flexibility index (Phi) is 3.14. The van der Waals surface area contributed by atoms with Crippen molar-refractivity contribution in [3.63, 3.8) is 0 Å². The van der Waals surface area contributed by atoms with E-state index in [9.17, 15) is 0 Å². The van der Waals surface area contributed by atoms with Gasteiger partial charge in [-0.1, -0.05) is 32.4 Å².